The lowest BCUT2D eigenvalue weighted by molar-refractivity contribution is -0.119. The number of nitrogens with one attached hydrogen (secondary N) is 1. The van der Waals surface area contributed by atoms with Gasteiger partial charge < -0.3 is 5.32 Å². The molecule has 0 bridgehead atoms. The van der Waals surface area contributed by atoms with Crippen LogP contribution in [0.25, 0.3) is 11.4 Å². The molecule has 0 spiro atoms. The van der Waals surface area contributed by atoms with E-state index in [0.717, 1.165) is 11.3 Å². The Morgan fingerprint density at radius 1 is 1.09 bits per heavy atom. The predicted octanol–water partition coefficient (Wildman–Crippen LogP) is 2.43. The molecule has 0 saturated carbocycles. The van der Waals surface area contributed by atoms with Gasteiger partial charge in [-0.1, -0.05) is 60.3 Å². The molecule has 0 radical (unpaired) electrons. The van der Waals surface area contributed by atoms with Crippen molar-refractivity contribution < 1.29 is 4.79 Å². The molecule has 0 aliphatic carbocycles. The van der Waals surface area contributed by atoms with Crippen molar-refractivity contribution in [2.24, 2.45) is 7.05 Å². The zero-order valence-corrected chi connectivity index (χ0v) is 18.8. The fourth-order valence-corrected chi connectivity index (χ4v) is 4.13. The highest BCUT2D eigenvalue weighted by atomic mass is 32.2. The Labute approximate surface area is 189 Å². The molecule has 164 valence electrons. The summed E-state index contributed by atoms with van der Waals surface area (Å²) in [5, 5.41) is 15.1. The molecule has 0 aliphatic heterocycles. The summed E-state index contributed by atoms with van der Waals surface area (Å²) in [5.41, 5.74) is 2.58. The van der Waals surface area contributed by atoms with E-state index in [0.29, 0.717) is 16.5 Å². The SMILES string of the molecule is Cc1c(-n2nnnc2SCC(=O)NC(C)c2ccccc2)c(=O)n(-c2ccccc2)n1C. The number of tetrazole rings is 1. The first-order valence-electron chi connectivity index (χ1n) is 10.1. The molecule has 1 N–H and O–H groups in total. The Bertz CT molecular complexity index is 1280. The van der Waals surface area contributed by atoms with Gasteiger partial charge in [0.2, 0.25) is 11.1 Å². The van der Waals surface area contributed by atoms with Gasteiger partial charge in [0.15, 0.2) is 5.69 Å². The van der Waals surface area contributed by atoms with Crippen molar-refractivity contribution in [3.8, 4) is 11.4 Å². The lowest BCUT2D eigenvalue weighted by Gasteiger charge is -2.13. The smallest absolute Gasteiger partial charge is 0.297 e. The molecule has 32 heavy (non-hydrogen) atoms. The molecule has 10 heteroatoms. The van der Waals surface area contributed by atoms with E-state index < -0.39 is 0 Å². The first kappa shape index (κ1) is 21.6. The summed E-state index contributed by atoms with van der Waals surface area (Å²) in [6.07, 6.45) is 0. The molecule has 0 aliphatic rings. The number of para-hydroxylation sites is 1. The number of hydrogen-bond acceptors (Lipinski definition) is 6. The Morgan fingerprint density at radius 3 is 2.44 bits per heavy atom. The molecule has 2 heterocycles. The Morgan fingerprint density at radius 2 is 1.75 bits per heavy atom. The third kappa shape index (κ3) is 4.22. The average molecular weight is 450 g/mol. The van der Waals surface area contributed by atoms with Gasteiger partial charge in [0.25, 0.3) is 5.56 Å². The summed E-state index contributed by atoms with van der Waals surface area (Å²) in [5.74, 6) is -0.0246. The van der Waals surface area contributed by atoms with Gasteiger partial charge in [-0.3, -0.25) is 14.3 Å². The maximum Gasteiger partial charge on any atom is 0.297 e. The van der Waals surface area contributed by atoms with Crippen LogP contribution >= 0.6 is 11.8 Å². The molecule has 2 aromatic carbocycles. The number of nitrogens with zero attached hydrogens (tertiary/aromatic N) is 6. The minimum atomic E-state index is -0.243. The van der Waals surface area contributed by atoms with Crippen molar-refractivity contribution in [3.63, 3.8) is 0 Å². The maximum atomic E-state index is 13.2. The standard InChI is InChI=1S/C22H23N7O2S/c1-15(17-10-6-4-7-11-17)23-19(30)14-32-22-24-25-26-28(22)20-16(2)27(3)29(21(20)31)18-12-8-5-9-13-18/h4-13,15H,14H2,1-3H3,(H,23,30). The van der Waals surface area contributed by atoms with Crippen molar-refractivity contribution in [2.45, 2.75) is 25.0 Å². The van der Waals surface area contributed by atoms with Gasteiger partial charge in [-0.15, -0.1) is 5.10 Å². The topological polar surface area (TPSA) is 99.6 Å². The quantitative estimate of drug-likeness (QED) is 0.435. The summed E-state index contributed by atoms with van der Waals surface area (Å²) in [6, 6.07) is 19.0. The fraction of sp³-hybridized carbons (Fsp3) is 0.227. The van der Waals surface area contributed by atoms with Crippen molar-refractivity contribution in [1.29, 1.82) is 0 Å². The van der Waals surface area contributed by atoms with E-state index in [2.05, 4.69) is 20.8 Å². The van der Waals surface area contributed by atoms with Crippen LogP contribution in [0.5, 0.6) is 0 Å². The van der Waals surface area contributed by atoms with E-state index in [1.165, 1.54) is 16.4 Å². The molecule has 4 rings (SSSR count). The number of aromatic nitrogens is 6. The van der Waals surface area contributed by atoms with Gasteiger partial charge >= 0.3 is 0 Å². The molecule has 1 amide bonds. The summed E-state index contributed by atoms with van der Waals surface area (Å²) in [6.45, 7) is 3.77. The highest BCUT2D eigenvalue weighted by Gasteiger charge is 2.22. The van der Waals surface area contributed by atoms with E-state index >= 15 is 0 Å². The molecule has 0 saturated heterocycles. The van der Waals surface area contributed by atoms with E-state index in [4.69, 9.17) is 0 Å². The van der Waals surface area contributed by atoms with Crippen LogP contribution in [-0.4, -0.2) is 41.2 Å². The second-order valence-electron chi connectivity index (χ2n) is 7.27. The number of hydrogen-bond donors (Lipinski definition) is 1. The Balaban J connectivity index is 1.53. The third-order valence-electron chi connectivity index (χ3n) is 5.19. The van der Waals surface area contributed by atoms with E-state index in [1.807, 2.05) is 81.6 Å². The number of carbonyl (C=O) groups excluding carboxylic acids is 1. The van der Waals surface area contributed by atoms with Gasteiger partial charge in [0.1, 0.15) is 0 Å². The van der Waals surface area contributed by atoms with Crippen molar-refractivity contribution in [3.05, 3.63) is 82.3 Å². The molecule has 1 atom stereocenters. The zero-order valence-electron chi connectivity index (χ0n) is 18.0. The van der Waals surface area contributed by atoms with Crippen LogP contribution in [0.15, 0.2) is 70.6 Å². The van der Waals surface area contributed by atoms with E-state index in [1.54, 1.807) is 9.36 Å². The Hall–Kier alpha value is -3.66. The number of carbonyl (C=O) groups is 1. The fourth-order valence-electron chi connectivity index (χ4n) is 3.45. The van der Waals surface area contributed by atoms with Crippen LogP contribution in [0.1, 0.15) is 24.2 Å². The highest BCUT2D eigenvalue weighted by Crippen LogP contribution is 2.20. The second kappa shape index (κ2) is 9.23. The Kier molecular flexibility index (Phi) is 6.22. The van der Waals surface area contributed by atoms with Crippen LogP contribution < -0.4 is 10.9 Å². The van der Waals surface area contributed by atoms with Gasteiger partial charge in [0.05, 0.1) is 23.2 Å². The van der Waals surface area contributed by atoms with Gasteiger partial charge in [-0.05, 0) is 42.0 Å². The summed E-state index contributed by atoms with van der Waals surface area (Å²) in [7, 11) is 1.81. The third-order valence-corrected chi connectivity index (χ3v) is 6.11. The minimum absolute atomic E-state index is 0.116. The summed E-state index contributed by atoms with van der Waals surface area (Å²) in [4.78, 5) is 25.7. The number of benzene rings is 2. The predicted molar refractivity (Wildman–Crippen MR) is 122 cm³/mol. The molecular weight excluding hydrogens is 426 g/mol. The van der Waals surface area contributed by atoms with Crippen molar-refractivity contribution in [2.75, 3.05) is 5.75 Å². The largest absolute Gasteiger partial charge is 0.349 e. The van der Waals surface area contributed by atoms with Crippen LogP contribution in [-0.2, 0) is 11.8 Å². The molecule has 0 fully saturated rings. The molecule has 2 aromatic heterocycles. The first-order valence-corrected chi connectivity index (χ1v) is 11.1. The monoisotopic (exact) mass is 449 g/mol. The maximum absolute atomic E-state index is 13.2. The van der Waals surface area contributed by atoms with Crippen LogP contribution in [0.2, 0.25) is 0 Å². The molecule has 9 nitrogen and oxygen atoms in total. The van der Waals surface area contributed by atoms with Crippen molar-refractivity contribution >= 4 is 17.7 Å². The molecule has 4 aromatic rings. The van der Waals surface area contributed by atoms with Gasteiger partial charge in [-0.2, -0.15) is 4.68 Å². The van der Waals surface area contributed by atoms with Gasteiger partial charge in [-0.25, -0.2) is 4.68 Å². The summed E-state index contributed by atoms with van der Waals surface area (Å²) < 4.78 is 4.72. The van der Waals surface area contributed by atoms with Crippen molar-refractivity contribution in [1.82, 2.24) is 34.9 Å². The number of rotatable bonds is 7. The lowest BCUT2D eigenvalue weighted by atomic mass is 10.1. The summed E-state index contributed by atoms with van der Waals surface area (Å²) >= 11 is 1.18. The molecular formula is C22H23N7O2S. The van der Waals surface area contributed by atoms with Crippen LogP contribution in [0, 0.1) is 6.92 Å². The zero-order chi connectivity index (χ0) is 22.7. The average Bonchev–Trinajstić information content (AvgIpc) is 3.35. The highest BCUT2D eigenvalue weighted by molar-refractivity contribution is 7.99. The van der Waals surface area contributed by atoms with E-state index in [-0.39, 0.29) is 23.3 Å². The number of thioether (sulfide) groups is 1. The normalized spacial score (nSPS) is 12.0. The van der Waals surface area contributed by atoms with Crippen LogP contribution in [0.3, 0.4) is 0 Å². The van der Waals surface area contributed by atoms with Crippen LogP contribution in [0.4, 0.5) is 0 Å². The first-order chi connectivity index (χ1) is 15.5. The lowest BCUT2D eigenvalue weighted by Crippen LogP contribution is -2.28. The second-order valence-corrected chi connectivity index (χ2v) is 8.21. The van der Waals surface area contributed by atoms with Gasteiger partial charge in [0, 0.05) is 7.05 Å². The number of amides is 1. The minimum Gasteiger partial charge on any atom is -0.349 e. The molecule has 1 unspecified atom stereocenters. The van der Waals surface area contributed by atoms with E-state index in [9.17, 15) is 9.59 Å².